The first kappa shape index (κ1) is 19.1. The second-order valence-corrected chi connectivity index (χ2v) is 7.82. The summed E-state index contributed by atoms with van der Waals surface area (Å²) in [7, 11) is 0. The highest BCUT2D eigenvalue weighted by atomic mass is 35.5. The molecule has 0 unspecified atom stereocenters. The van der Waals surface area contributed by atoms with Gasteiger partial charge in [-0.25, -0.2) is 0 Å². The molecule has 4 rings (SSSR count). The van der Waals surface area contributed by atoms with E-state index in [0.717, 1.165) is 23.1 Å². The first-order valence-electron chi connectivity index (χ1n) is 9.97. The number of carbonyl (C=O) groups excluding carboxylic acids is 2. The number of likely N-dealkylation sites (tertiary alicyclic amines) is 1. The predicted molar refractivity (Wildman–Crippen MR) is 107 cm³/mol. The van der Waals surface area contributed by atoms with Crippen LogP contribution in [0.25, 0.3) is 10.9 Å². The average Bonchev–Trinajstić information content (AvgIpc) is 3.11. The molecule has 2 aliphatic rings. The van der Waals surface area contributed by atoms with E-state index in [2.05, 4.69) is 6.92 Å². The van der Waals surface area contributed by atoms with E-state index < -0.39 is 0 Å². The molecule has 28 heavy (non-hydrogen) atoms. The van der Waals surface area contributed by atoms with Crippen molar-refractivity contribution in [2.24, 2.45) is 5.92 Å². The van der Waals surface area contributed by atoms with Gasteiger partial charge in [0, 0.05) is 18.5 Å². The van der Waals surface area contributed by atoms with Crippen LogP contribution in [0.15, 0.2) is 18.2 Å². The van der Waals surface area contributed by atoms with Gasteiger partial charge in [-0.2, -0.15) is 0 Å². The lowest BCUT2D eigenvalue weighted by atomic mass is 9.97. The number of piperidine rings is 1. The van der Waals surface area contributed by atoms with E-state index in [1.165, 1.54) is 0 Å². The van der Waals surface area contributed by atoms with Crippen LogP contribution in [0.1, 0.15) is 43.6 Å². The molecule has 1 aromatic heterocycles. The van der Waals surface area contributed by atoms with E-state index in [0.29, 0.717) is 49.8 Å². The lowest BCUT2D eigenvalue weighted by Gasteiger charge is -2.32. The molecule has 0 spiro atoms. The zero-order valence-electron chi connectivity index (χ0n) is 16.2. The molecule has 3 heterocycles. The molecule has 150 valence electrons. The maximum absolute atomic E-state index is 13.3. The Morgan fingerprint density at radius 1 is 1.25 bits per heavy atom. The molecule has 0 bridgehead atoms. The largest absolute Gasteiger partial charge is 0.486 e. The summed E-state index contributed by atoms with van der Waals surface area (Å²) in [5.41, 5.74) is 1.53. The van der Waals surface area contributed by atoms with Crippen LogP contribution in [0.3, 0.4) is 0 Å². The summed E-state index contributed by atoms with van der Waals surface area (Å²) in [6.45, 7) is 6.02. The Morgan fingerprint density at radius 3 is 2.68 bits per heavy atom. The first-order valence-corrected chi connectivity index (χ1v) is 10.4. The molecule has 0 N–H and O–H groups in total. The number of halogens is 1. The van der Waals surface area contributed by atoms with Crippen LogP contribution in [-0.2, 0) is 16.1 Å². The Kier molecular flexibility index (Phi) is 5.23. The van der Waals surface area contributed by atoms with Gasteiger partial charge in [0.1, 0.15) is 17.5 Å². The third kappa shape index (κ3) is 3.24. The van der Waals surface area contributed by atoms with Crippen LogP contribution in [-0.4, -0.2) is 47.1 Å². The number of aromatic nitrogens is 1. The predicted octanol–water partition coefficient (Wildman–Crippen LogP) is 3.88. The third-order valence-corrected chi connectivity index (χ3v) is 6.05. The van der Waals surface area contributed by atoms with Gasteiger partial charge in [-0.1, -0.05) is 18.5 Å². The number of amides is 1. The molecule has 1 aromatic carbocycles. The number of ether oxygens (including phenoxy) is 2. The molecular weight excluding hydrogens is 380 g/mol. The maximum atomic E-state index is 13.3. The van der Waals surface area contributed by atoms with Gasteiger partial charge in [-0.15, -0.1) is 0 Å². The second-order valence-electron chi connectivity index (χ2n) is 7.41. The Hall–Kier alpha value is -2.21. The van der Waals surface area contributed by atoms with Crippen molar-refractivity contribution in [1.29, 1.82) is 0 Å². The van der Waals surface area contributed by atoms with Gasteiger partial charge in [-0.05, 0) is 44.4 Å². The van der Waals surface area contributed by atoms with Gasteiger partial charge >= 0.3 is 5.97 Å². The van der Waals surface area contributed by atoms with Gasteiger partial charge in [0.05, 0.1) is 29.6 Å². The smallest absolute Gasteiger partial charge is 0.309 e. The van der Waals surface area contributed by atoms with Crippen molar-refractivity contribution < 1.29 is 19.1 Å². The molecule has 1 amide bonds. The number of hydrogen-bond acceptors (Lipinski definition) is 4. The molecule has 2 aromatic rings. The van der Waals surface area contributed by atoms with Crippen molar-refractivity contribution >= 4 is 34.4 Å². The van der Waals surface area contributed by atoms with E-state index in [1.807, 2.05) is 34.6 Å². The minimum Gasteiger partial charge on any atom is -0.486 e. The van der Waals surface area contributed by atoms with Crippen LogP contribution in [0.2, 0.25) is 5.02 Å². The number of carbonyl (C=O) groups is 2. The number of nitrogens with zero attached hydrogens (tertiary/aromatic N) is 2. The van der Waals surface area contributed by atoms with Crippen molar-refractivity contribution in [1.82, 2.24) is 9.47 Å². The minimum absolute atomic E-state index is 0.0164. The third-order valence-electron chi connectivity index (χ3n) is 5.73. The van der Waals surface area contributed by atoms with Crippen LogP contribution in [0.5, 0.6) is 5.75 Å². The first-order chi connectivity index (χ1) is 13.5. The van der Waals surface area contributed by atoms with Crippen LogP contribution in [0, 0.1) is 5.92 Å². The highest BCUT2D eigenvalue weighted by Crippen LogP contribution is 2.38. The molecule has 1 fully saturated rings. The van der Waals surface area contributed by atoms with Crippen LogP contribution >= 0.6 is 11.6 Å². The fraction of sp³-hybridized carbons (Fsp3) is 0.524. The monoisotopic (exact) mass is 404 g/mol. The lowest BCUT2D eigenvalue weighted by Crippen LogP contribution is -2.41. The topological polar surface area (TPSA) is 60.8 Å². The molecule has 6 nitrogen and oxygen atoms in total. The van der Waals surface area contributed by atoms with Gasteiger partial charge in [0.25, 0.3) is 5.91 Å². The van der Waals surface area contributed by atoms with Gasteiger partial charge in [0.2, 0.25) is 0 Å². The van der Waals surface area contributed by atoms with Crippen molar-refractivity contribution in [3.63, 3.8) is 0 Å². The zero-order valence-corrected chi connectivity index (χ0v) is 17.0. The Labute approximate surface area is 169 Å². The summed E-state index contributed by atoms with van der Waals surface area (Å²) in [6, 6.07) is 5.57. The molecule has 0 saturated carbocycles. The molecule has 0 radical (unpaired) electrons. The summed E-state index contributed by atoms with van der Waals surface area (Å²) in [6.07, 6.45) is 2.17. The van der Waals surface area contributed by atoms with E-state index in [4.69, 9.17) is 21.1 Å². The van der Waals surface area contributed by atoms with Crippen LogP contribution < -0.4 is 4.74 Å². The highest BCUT2D eigenvalue weighted by Gasteiger charge is 2.32. The maximum Gasteiger partial charge on any atom is 0.309 e. The Balaban J connectivity index is 1.60. The molecular formula is C21H25ClN2O4. The normalized spacial score (nSPS) is 19.5. The van der Waals surface area contributed by atoms with Crippen molar-refractivity contribution in [3.8, 4) is 5.75 Å². The van der Waals surface area contributed by atoms with Gasteiger partial charge < -0.3 is 18.9 Å². The quantitative estimate of drug-likeness (QED) is 0.725. The summed E-state index contributed by atoms with van der Waals surface area (Å²) in [5.74, 6) is 0.486. The summed E-state index contributed by atoms with van der Waals surface area (Å²) in [5, 5.41) is 1.46. The van der Waals surface area contributed by atoms with Crippen molar-refractivity contribution in [3.05, 3.63) is 28.9 Å². The van der Waals surface area contributed by atoms with E-state index >= 15 is 0 Å². The van der Waals surface area contributed by atoms with E-state index in [1.54, 1.807) is 0 Å². The number of esters is 1. The fourth-order valence-corrected chi connectivity index (χ4v) is 4.36. The van der Waals surface area contributed by atoms with E-state index in [-0.39, 0.29) is 23.9 Å². The Morgan fingerprint density at radius 2 is 2.00 bits per heavy atom. The number of benzene rings is 1. The van der Waals surface area contributed by atoms with Crippen LogP contribution in [0.4, 0.5) is 0 Å². The van der Waals surface area contributed by atoms with Crippen molar-refractivity contribution in [2.75, 3.05) is 19.7 Å². The molecule has 7 heteroatoms. The summed E-state index contributed by atoms with van der Waals surface area (Å²) < 4.78 is 13.2. The summed E-state index contributed by atoms with van der Waals surface area (Å²) >= 11 is 6.39. The lowest BCUT2D eigenvalue weighted by molar-refractivity contribution is -0.149. The average molecular weight is 405 g/mol. The number of hydrogen-bond donors (Lipinski definition) is 0. The second kappa shape index (κ2) is 7.66. The van der Waals surface area contributed by atoms with Gasteiger partial charge in [-0.3, -0.25) is 9.59 Å². The van der Waals surface area contributed by atoms with Gasteiger partial charge in [0.15, 0.2) is 0 Å². The standard InChI is InChI=1S/C21H25ClN2O4/c1-3-14-12-24-17(11-15-16(22)5-6-18(28-14)19(15)24)20(25)23-9-7-13(8-10-23)21(26)27-4-2/h5-6,11,13-14H,3-4,7-10,12H2,1-2H3/t14-/m0/s1. The van der Waals surface area contributed by atoms with Crippen molar-refractivity contribution in [2.45, 2.75) is 45.8 Å². The Bertz CT molecular complexity index is 915. The zero-order chi connectivity index (χ0) is 19.8. The van der Waals surface area contributed by atoms with E-state index in [9.17, 15) is 9.59 Å². The molecule has 1 saturated heterocycles. The summed E-state index contributed by atoms with van der Waals surface area (Å²) in [4.78, 5) is 27.1. The minimum atomic E-state index is -0.155. The molecule has 1 atom stereocenters. The number of rotatable bonds is 4. The fourth-order valence-electron chi connectivity index (χ4n) is 4.15. The molecule has 0 aliphatic carbocycles. The molecule has 2 aliphatic heterocycles. The SMILES string of the molecule is CCOC(=O)C1CCN(C(=O)c2cc3c(Cl)ccc4c3n2C[C@H](CC)O4)CC1. The highest BCUT2D eigenvalue weighted by molar-refractivity contribution is 6.36.